The van der Waals surface area contributed by atoms with E-state index in [0.29, 0.717) is 13.1 Å². The van der Waals surface area contributed by atoms with Gasteiger partial charge in [0.25, 0.3) is 0 Å². The molecule has 0 spiro atoms. The predicted molar refractivity (Wildman–Crippen MR) is 77.8 cm³/mol. The fourth-order valence-electron chi connectivity index (χ4n) is 2.28. The molecule has 0 unspecified atom stereocenters. The molecule has 6 heteroatoms. The van der Waals surface area contributed by atoms with E-state index in [4.69, 9.17) is 9.47 Å². The molecule has 22 heavy (non-hydrogen) atoms. The van der Waals surface area contributed by atoms with Crippen LogP contribution in [0.5, 0.6) is 5.75 Å². The number of carbonyl (C=O) groups is 1. The van der Waals surface area contributed by atoms with Crippen molar-refractivity contribution < 1.29 is 23.0 Å². The lowest BCUT2D eigenvalue weighted by Gasteiger charge is -2.24. The number of likely N-dealkylation sites (tertiary alicyclic amines) is 1. The maximum Gasteiger partial charge on any atom is 0.410 e. The quantitative estimate of drug-likeness (QED) is 0.856. The van der Waals surface area contributed by atoms with Crippen LogP contribution in [0, 0.1) is 17.6 Å². The fourth-order valence-corrected chi connectivity index (χ4v) is 2.28. The standard InChI is InChI=1S/C16H21F2NO3/c1-16(2,3)22-15(20)19-8-7-11(9-19)10-21-14-12(17)5-4-6-13(14)18/h4-6,11H,7-10H2,1-3H3/t11-/m1/s1. The molecule has 0 aliphatic carbocycles. The number of rotatable bonds is 3. The third-order valence-electron chi connectivity index (χ3n) is 3.32. The smallest absolute Gasteiger partial charge is 0.410 e. The molecule has 4 nitrogen and oxygen atoms in total. The number of para-hydroxylation sites is 1. The predicted octanol–water partition coefficient (Wildman–Crippen LogP) is 3.60. The molecule has 1 aromatic rings. The van der Waals surface area contributed by atoms with Gasteiger partial charge in [-0.15, -0.1) is 0 Å². The van der Waals surface area contributed by atoms with Crippen LogP contribution in [0.3, 0.4) is 0 Å². The third-order valence-corrected chi connectivity index (χ3v) is 3.32. The van der Waals surface area contributed by atoms with Crippen molar-refractivity contribution >= 4 is 6.09 Å². The highest BCUT2D eigenvalue weighted by Gasteiger charge is 2.30. The van der Waals surface area contributed by atoms with Gasteiger partial charge in [0.1, 0.15) is 5.60 Å². The summed E-state index contributed by atoms with van der Waals surface area (Å²) >= 11 is 0. The van der Waals surface area contributed by atoms with Crippen molar-refractivity contribution in [3.8, 4) is 5.75 Å². The van der Waals surface area contributed by atoms with Crippen LogP contribution in [0.25, 0.3) is 0 Å². The topological polar surface area (TPSA) is 38.8 Å². The largest absolute Gasteiger partial charge is 0.487 e. The van der Waals surface area contributed by atoms with Crippen molar-refractivity contribution in [2.24, 2.45) is 5.92 Å². The van der Waals surface area contributed by atoms with Crippen LogP contribution >= 0.6 is 0 Å². The molecule has 0 bridgehead atoms. The molecule has 0 N–H and O–H groups in total. The number of nitrogens with zero attached hydrogens (tertiary/aromatic N) is 1. The van der Waals surface area contributed by atoms with Crippen molar-refractivity contribution in [2.45, 2.75) is 32.8 Å². The van der Waals surface area contributed by atoms with E-state index in [9.17, 15) is 13.6 Å². The maximum atomic E-state index is 13.5. The van der Waals surface area contributed by atoms with Gasteiger partial charge in [-0.3, -0.25) is 0 Å². The average Bonchev–Trinajstić information content (AvgIpc) is 2.85. The summed E-state index contributed by atoms with van der Waals surface area (Å²) in [5.41, 5.74) is -0.540. The summed E-state index contributed by atoms with van der Waals surface area (Å²) in [5, 5.41) is 0. The molecule has 122 valence electrons. The van der Waals surface area contributed by atoms with Gasteiger partial charge >= 0.3 is 6.09 Å². The zero-order valence-corrected chi connectivity index (χ0v) is 13.1. The van der Waals surface area contributed by atoms with E-state index in [2.05, 4.69) is 0 Å². The van der Waals surface area contributed by atoms with Crippen LogP contribution in [0.15, 0.2) is 18.2 Å². The van der Waals surface area contributed by atoms with E-state index < -0.39 is 17.2 Å². The summed E-state index contributed by atoms with van der Waals surface area (Å²) in [6.45, 7) is 6.61. The Morgan fingerprint density at radius 2 is 1.95 bits per heavy atom. The molecule has 1 atom stereocenters. The van der Waals surface area contributed by atoms with Crippen molar-refractivity contribution in [3.05, 3.63) is 29.8 Å². The lowest BCUT2D eigenvalue weighted by molar-refractivity contribution is 0.0284. The summed E-state index contributed by atoms with van der Waals surface area (Å²) in [6, 6.07) is 3.59. The molecule has 0 radical (unpaired) electrons. The first-order chi connectivity index (χ1) is 10.3. The molecule has 1 heterocycles. The van der Waals surface area contributed by atoms with Crippen LogP contribution < -0.4 is 4.74 Å². The second-order valence-corrected chi connectivity index (χ2v) is 6.44. The zero-order valence-electron chi connectivity index (χ0n) is 13.1. The molecular formula is C16H21F2NO3. The number of hydrogen-bond acceptors (Lipinski definition) is 3. The zero-order chi connectivity index (χ0) is 16.3. The lowest BCUT2D eigenvalue weighted by atomic mass is 10.1. The van der Waals surface area contributed by atoms with Crippen LogP contribution in [-0.4, -0.2) is 36.3 Å². The molecule has 1 fully saturated rings. The molecular weight excluding hydrogens is 292 g/mol. The minimum Gasteiger partial charge on any atom is -0.487 e. The fraction of sp³-hybridized carbons (Fsp3) is 0.562. The Kier molecular flexibility index (Phi) is 4.88. The van der Waals surface area contributed by atoms with E-state index in [-0.39, 0.29) is 24.4 Å². The highest BCUT2D eigenvalue weighted by Crippen LogP contribution is 2.24. The lowest BCUT2D eigenvalue weighted by Crippen LogP contribution is -2.35. The summed E-state index contributed by atoms with van der Waals surface area (Å²) in [5.74, 6) is -1.77. The monoisotopic (exact) mass is 313 g/mol. The van der Waals surface area contributed by atoms with Crippen LogP contribution in [0.4, 0.5) is 13.6 Å². The van der Waals surface area contributed by atoms with Gasteiger partial charge in [-0.25, -0.2) is 13.6 Å². The molecule has 1 saturated heterocycles. The summed E-state index contributed by atoms with van der Waals surface area (Å²) in [7, 11) is 0. The number of halogens is 2. The third kappa shape index (κ3) is 4.32. The minimum absolute atomic E-state index is 0.0338. The molecule has 2 rings (SSSR count). The van der Waals surface area contributed by atoms with Crippen LogP contribution in [-0.2, 0) is 4.74 Å². The van der Waals surface area contributed by atoms with E-state index in [1.807, 2.05) is 20.8 Å². The molecule has 1 aliphatic heterocycles. The Morgan fingerprint density at radius 3 is 2.55 bits per heavy atom. The van der Waals surface area contributed by atoms with Gasteiger partial charge < -0.3 is 14.4 Å². The number of benzene rings is 1. The SMILES string of the molecule is CC(C)(C)OC(=O)N1CC[C@@H](COc2c(F)cccc2F)C1. The van der Waals surface area contributed by atoms with E-state index in [1.165, 1.54) is 6.07 Å². The van der Waals surface area contributed by atoms with Crippen molar-refractivity contribution in [1.82, 2.24) is 4.90 Å². The summed E-state index contributed by atoms with van der Waals surface area (Å²) < 4.78 is 37.5. The van der Waals surface area contributed by atoms with Gasteiger partial charge in [-0.05, 0) is 39.3 Å². The van der Waals surface area contributed by atoms with E-state index in [1.54, 1.807) is 4.90 Å². The molecule has 1 aromatic carbocycles. The van der Waals surface area contributed by atoms with E-state index >= 15 is 0 Å². The molecule has 1 aliphatic rings. The first kappa shape index (κ1) is 16.5. The summed E-state index contributed by atoms with van der Waals surface area (Å²) in [4.78, 5) is 13.5. The minimum atomic E-state index is -0.720. The Balaban J connectivity index is 1.85. The summed E-state index contributed by atoms with van der Waals surface area (Å²) in [6.07, 6.45) is 0.349. The number of carbonyl (C=O) groups excluding carboxylic acids is 1. The van der Waals surface area contributed by atoms with Crippen molar-refractivity contribution in [2.75, 3.05) is 19.7 Å². The normalized spacial score (nSPS) is 18.4. The van der Waals surface area contributed by atoms with Gasteiger partial charge in [0.05, 0.1) is 6.61 Å². The highest BCUT2D eigenvalue weighted by molar-refractivity contribution is 5.68. The first-order valence-corrected chi connectivity index (χ1v) is 7.31. The number of hydrogen-bond donors (Lipinski definition) is 0. The maximum absolute atomic E-state index is 13.5. The Labute approximate surface area is 129 Å². The van der Waals surface area contributed by atoms with E-state index in [0.717, 1.165) is 18.6 Å². The highest BCUT2D eigenvalue weighted by atomic mass is 19.1. The second-order valence-electron chi connectivity index (χ2n) is 6.44. The van der Waals surface area contributed by atoms with Crippen molar-refractivity contribution in [1.29, 1.82) is 0 Å². The molecule has 1 amide bonds. The van der Waals surface area contributed by atoms with Gasteiger partial charge in [0.15, 0.2) is 17.4 Å². The Bertz CT molecular complexity index is 522. The van der Waals surface area contributed by atoms with Crippen molar-refractivity contribution in [3.63, 3.8) is 0 Å². The van der Waals surface area contributed by atoms with Crippen LogP contribution in [0.1, 0.15) is 27.2 Å². The number of ether oxygens (including phenoxy) is 2. The Morgan fingerprint density at radius 1 is 1.32 bits per heavy atom. The number of amides is 1. The van der Waals surface area contributed by atoms with Gasteiger partial charge in [-0.2, -0.15) is 0 Å². The van der Waals surface area contributed by atoms with Gasteiger partial charge in [-0.1, -0.05) is 6.07 Å². The van der Waals surface area contributed by atoms with Crippen LogP contribution in [0.2, 0.25) is 0 Å². The first-order valence-electron chi connectivity index (χ1n) is 7.31. The average molecular weight is 313 g/mol. The Hall–Kier alpha value is -1.85. The molecule has 0 saturated carbocycles. The van der Waals surface area contributed by atoms with Gasteiger partial charge in [0, 0.05) is 19.0 Å². The second kappa shape index (κ2) is 6.50. The van der Waals surface area contributed by atoms with Gasteiger partial charge in [0.2, 0.25) is 0 Å². The molecule has 0 aromatic heterocycles.